The summed E-state index contributed by atoms with van der Waals surface area (Å²) >= 11 is 0. The van der Waals surface area contributed by atoms with Crippen molar-refractivity contribution < 1.29 is 18.9 Å². The van der Waals surface area contributed by atoms with Gasteiger partial charge in [-0.2, -0.15) is 0 Å². The number of benzene rings is 3. The molecule has 3 aromatic carbocycles. The van der Waals surface area contributed by atoms with Gasteiger partial charge in [0.05, 0.1) is 25.1 Å². The van der Waals surface area contributed by atoms with Crippen molar-refractivity contribution in [2.45, 2.75) is 0 Å². The minimum absolute atomic E-state index is 0.447. The molecule has 0 bridgehead atoms. The van der Waals surface area contributed by atoms with Crippen LogP contribution in [0.2, 0.25) is 0 Å². The molecule has 7 heteroatoms. The molecule has 158 valence electrons. The lowest BCUT2D eigenvalue weighted by molar-refractivity contribution is 0.333. The maximum absolute atomic E-state index is 6.00. The molecule has 0 saturated heterocycles. The van der Waals surface area contributed by atoms with E-state index in [1.54, 1.807) is 20.3 Å². The van der Waals surface area contributed by atoms with Gasteiger partial charge in [0.2, 0.25) is 5.88 Å². The van der Waals surface area contributed by atoms with Gasteiger partial charge in [-0.05, 0) is 42.5 Å². The van der Waals surface area contributed by atoms with Crippen molar-refractivity contribution in [1.82, 2.24) is 9.97 Å². The van der Waals surface area contributed by atoms with Crippen LogP contribution in [-0.4, -0.2) is 37.3 Å². The lowest BCUT2D eigenvalue weighted by atomic mass is 10.2. The summed E-state index contributed by atoms with van der Waals surface area (Å²) in [6.07, 6.45) is 1.46. The van der Waals surface area contributed by atoms with Crippen LogP contribution in [0.1, 0.15) is 0 Å². The zero-order chi connectivity index (χ0) is 21.5. The lowest BCUT2D eigenvalue weighted by Crippen LogP contribution is -2.11. The number of hydrogen-bond acceptors (Lipinski definition) is 7. The van der Waals surface area contributed by atoms with E-state index in [4.69, 9.17) is 18.9 Å². The van der Waals surface area contributed by atoms with Crippen LogP contribution in [-0.2, 0) is 0 Å². The molecule has 1 heterocycles. The van der Waals surface area contributed by atoms with Crippen molar-refractivity contribution in [3.05, 3.63) is 73.1 Å². The van der Waals surface area contributed by atoms with E-state index >= 15 is 0 Å². The fourth-order valence-corrected chi connectivity index (χ4v) is 3.07. The molecule has 4 rings (SSSR count). The number of rotatable bonds is 9. The molecule has 1 aromatic heterocycles. The lowest BCUT2D eigenvalue weighted by Gasteiger charge is -2.12. The van der Waals surface area contributed by atoms with E-state index in [2.05, 4.69) is 15.3 Å². The summed E-state index contributed by atoms with van der Waals surface area (Å²) in [5.41, 5.74) is 1.68. The third-order valence-corrected chi connectivity index (χ3v) is 4.62. The second-order valence-electron chi connectivity index (χ2n) is 6.62. The Morgan fingerprint density at radius 2 is 1.55 bits per heavy atom. The number of methoxy groups -OCH3 is 2. The number of fused-ring (bicyclic) bond motifs is 1. The smallest absolute Gasteiger partial charge is 0.230 e. The molecule has 0 aliphatic heterocycles. The van der Waals surface area contributed by atoms with Crippen LogP contribution in [0.15, 0.2) is 73.1 Å². The standard InChI is InChI=1S/C24H23N3O4/c1-28-22-14-20-21(15-23(22)29-2)26-16-27-24(20)31-19-10-8-17(9-11-19)25-12-13-30-18-6-4-3-5-7-18/h3-11,14-16,25H,12-13H2,1-2H3. The van der Waals surface area contributed by atoms with Gasteiger partial charge in [-0.1, -0.05) is 18.2 Å². The number of para-hydroxylation sites is 1. The van der Waals surface area contributed by atoms with Crippen molar-refractivity contribution in [3.8, 4) is 28.9 Å². The van der Waals surface area contributed by atoms with E-state index in [1.165, 1.54) is 6.33 Å². The first-order chi connectivity index (χ1) is 15.3. The first kappa shape index (κ1) is 20.3. The molecule has 0 amide bonds. The van der Waals surface area contributed by atoms with Crippen molar-refractivity contribution in [1.29, 1.82) is 0 Å². The summed E-state index contributed by atoms with van der Waals surface area (Å²) in [7, 11) is 3.18. The van der Waals surface area contributed by atoms with E-state index in [-0.39, 0.29) is 0 Å². The fourth-order valence-electron chi connectivity index (χ4n) is 3.07. The Hall–Kier alpha value is -4.00. The van der Waals surface area contributed by atoms with Crippen molar-refractivity contribution in [3.63, 3.8) is 0 Å². The van der Waals surface area contributed by atoms with Crippen LogP contribution in [0.3, 0.4) is 0 Å². The van der Waals surface area contributed by atoms with Gasteiger partial charge in [-0.3, -0.25) is 0 Å². The van der Waals surface area contributed by atoms with E-state index < -0.39 is 0 Å². The van der Waals surface area contributed by atoms with E-state index in [1.807, 2.05) is 60.7 Å². The van der Waals surface area contributed by atoms with Gasteiger partial charge in [0, 0.05) is 18.3 Å². The van der Waals surface area contributed by atoms with Crippen LogP contribution in [0.4, 0.5) is 5.69 Å². The van der Waals surface area contributed by atoms with Gasteiger partial charge >= 0.3 is 0 Å². The molecule has 0 atom stereocenters. The van der Waals surface area contributed by atoms with Crippen LogP contribution in [0.5, 0.6) is 28.9 Å². The third kappa shape index (κ3) is 4.95. The summed E-state index contributed by atoms with van der Waals surface area (Å²) in [5.74, 6) is 3.17. The number of hydrogen-bond donors (Lipinski definition) is 1. The molecule has 0 spiro atoms. The predicted molar refractivity (Wildman–Crippen MR) is 120 cm³/mol. The van der Waals surface area contributed by atoms with E-state index in [0.717, 1.165) is 16.8 Å². The third-order valence-electron chi connectivity index (χ3n) is 4.62. The van der Waals surface area contributed by atoms with Gasteiger partial charge in [0.15, 0.2) is 11.5 Å². The first-order valence-electron chi connectivity index (χ1n) is 9.83. The predicted octanol–water partition coefficient (Wildman–Crippen LogP) is 4.93. The van der Waals surface area contributed by atoms with Crippen molar-refractivity contribution >= 4 is 16.6 Å². The highest BCUT2D eigenvalue weighted by Gasteiger charge is 2.12. The average Bonchev–Trinajstić information content (AvgIpc) is 2.83. The van der Waals surface area contributed by atoms with Gasteiger partial charge in [0.25, 0.3) is 0 Å². The molecule has 1 N–H and O–H groups in total. The van der Waals surface area contributed by atoms with Crippen molar-refractivity contribution in [2.75, 3.05) is 32.7 Å². The Morgan fingerprint density at radius 3 is 2.29 bits per heavy atom. The van der Waals surface area contributed by atoms with E-state index in [9.17, 15) is 0 Å². The number of nitrogens with zero attached hydrogens (tertiary/aromatic N) is 2. The largest absolute Gasteiger partial charge is 0.493 e. The quantitative estimate of drug-likeness (QED) is 0.387. The molecule has 0 aliphatic rings. The summed E-state index contributed by atoms with van der Waals surface area (Å²) in [6.45, 7) is 1.26. The Balaban J connectivity index is 1.40. The molecular weight excluding hydrogens is 394 g/mol. The minimum atomic E-state index is 0.447. The number of ether oxygens (including phenoxy) is 4. The van der Waals surface area contributed by atoms with Gasteiger partial charge in [0.1, 0.15) is 24.4 Å². The summed E-state index contributed by atoms with van der Waals surface area (Å²) in [4.78, 5) is 8.58. The molecule has 0 aliphatic carbocycles. The van der Waals surface area contributed by atoms with Gasteiger partial charge in [-0.15, -0.1) is 0 Å². The number of nitrogens with one attached hydrogen (secondary N) is 1. The Bertz CT molecular complexity index is 1130. The average molecular weight is 417 g/mol. The molecule has 0 saturated carbocycles. The number of aromatic nitrogens is 2. The zero-order valence-corrected chi connectivity index (χ0v) is 17.4. The molecular formula is C24H23N3O4. The number of anilines is 1. The topological polar surface area (TPSA) is 74.7 Å². The molecule has 0 radical (unpaired) electrons. The molecule has 0 unspecified atom stereocenters. The maximum atomic E-state index is 6.00. The minimum Gasteiger partial charge on any atom is -0.493 e. The molecule has 4 aromatic rings. The summed E-state index contributed by atoms with van der Waals surface area (Å²) < 4.78 is 22.4. The van der Waals surface area contributed by atoms with E-state index in [0.29, 0.717) is 41.8 Å². The van der Waals surface area contributed by atoms with Crippen LogP contribution in [0.25, 0.3) is 10.9 Å². The normalized spacial score (nSPS) is 10.5. The highest BCUT2D eigenvalue weighted by molar-refractivity contribution is 5.87. The van der Waals surface area contributed by atoms with Crippen LogP contribution >= 0.6 is 0 Å². The Morgan fingerprint density at radius 1 is 0.806 bits per heavy atom. The molecule has 7 nitrogen and oxygen atoms in total. The zero-order valence-electron chi connectivity index (χ0n) is 17.4. The molecule has 31 heavy (non-hydrogen) atoms. The first-order valence-corrected chi connectivity index (χ1v) is 9.83. The SMILES string of the molecule is COc1cc2ncnc(Oc3ccc(NCCOc4ccccc4)cc3)c2cc1OC. The Kier molecular flexibility index (Phi) is 6.32. The second kappa shape index (κ2) is 9.67. The van der Waals surface area contributed by atoms with Crippen LogP contribution in [0, 0.1) is 0 Å². The monoisotopic (exact) mass is 417 g/mol. The summed E-state index contributed by atoms with van der Waals surface area (Å²) in [5, 5.41) is 4.06. The summed E-state index contributed by atoms with van der Waals surface area (Å²) in [6, 6.07) is 21.0. The maximum Gasteiger partial charge on any atom is 0.230 e. The Labute approximate surface area is 180 Å². The van der Waals surface area contributed by atoms with Crippen LogP contribution < -0.4 is 24.3 Å². The van der Waals surface area contributed by atoms with Gasteiger partial charge in [-0.25, -0.2) is 9.97 Å². The molecule has 0 fully saturated rings. The highest BCUT2D eigenvalue weighted by atomic mass is 16.5. The fraction of sp³-hybridized carbons (Fsp3) is 0.167. The second-order valence-corrected chi connectivity index (χ2v) is 6.62. The van der Waals surface area contributed by atoms with Crippen molar-refractivity contribution in [2.24, 2.45) is 0 Å². The highest BCUT2D eigenvalue weighted by Crippen LogP contribution is 2.35. The van der Waals surface area contributed by atoms with Gasteiger partial charge < -0.3 is 24.3 Å².